The highest BCUT2D eigenvalue weighted by molar-refractivity contribution is 5.99. The second kappa shape index (κ2) is 5.60. The van der Waals surface area contributed by atoms with E-state index in [-0.39, 0.29) is 22.8 Å². The first-order chi connectivity index (χ1) is 10.5. The topological polar surface area (TPSA) is 43.1 Å². The van der Waals surface area contributed by atoms with Crippen molar-refractivity contribution < 1.29 is 31.1 Å². The van der Waals surface area contributed by atoms with Crippen LogP contribution in [0.15, 0.2) is 42.5 Å². The Hall–Kier alpha value is -2.51. The standard InChI is InChI=1S/C15H9F6NO/c16-14(17,18)9-5-8(6-10(7-9)15(19,20)21)11-3-1-2-4-12(11)13(22)23/h1-7H,(H2,22,23). The average molecular weight is 333 g/mol. The van der Waals surface area contributed by atoms with Gasteiger partial charge in [0.25, 0.3) is 0 Å². The van der Waals surface area contributed by atoms with Crippen LogP contribution in [-0.4, -0.2) is 5.91 Å². The third kappa shape index (κ3) is 3.64. The van der Waals surface area contributed by atoms with Crippen LogP contribution in [0.4, 0.5) is 26.3 Å². The molecule has 2 N–H and O–H groups in total. The van der Waals surface area contributed by atoms with Crippen molar-refractivity contribution >= 4 is 5.91 Å². The number of carbonyl (C=O) groups is 1. The largest absolute Gasteiger partial charge is 0.416 e. The van der Waals surface area contributed by atoms with E-state index in [1.807, 2.05) is 0 Å². The molecular formula is C15H9F6NO. The molecule has 0 fully saturated rings. The van der Waals surface area contributed by atoms with E-state index >= 15 is 0 Å². The minimum Gasteiger partial charge on any atom is -0.366 e. The van der Waals surface area contributed by atoms with Gasteiger partial charge in [-0.1, -0.05) is 18.2 Å². The van der Waals surface area contributed by atoms with Crippen LogP contribution in [0.2, 0.25) is 0 Å². The predicted octanol–water partition coefficient (Wildman–Crippen LogP) is 4.49. The van der Waals surface area contributed by atoms with E-state index in [1.165, 1.54) is 24.3 Å². The molecule has 1 amide bonds. The number of amides is 1. The first kappa shape index (κ1) is 16.9. The van der Waals surface area contributed by atoms with Crippen molar-refractivity contribution in [2.45, 2.75) is 12.4 Å². The summed E-state index contributed by atoms with van der Waals surface area (Å²) in [6, 6.07) is 6.38. The third-order valence-corrected chi connectivity index (χ3v) is 3.09. The summed E-state index contributed by atoms with van der Waals surface area (Å²) in [6.45, 7) is 0. The molecule has 0 atom stereocenters. The Labute approximate surface area is 126 Å². The van der Waals surface area contributed by atoms with E-state index in [1.54, 1.807) is 0 Å². The number of alkyl halides is 6. The smallest absolute Gasteiger partial charge is 0.366 e. The zero-order valence-corrected chi connectivity index (χ0v) is 11.3. The van der Waals surface area contributed by atoms with Gasteiger partial charge in [0.1, 0.15) is 0 Å². The van der Waals surface area contributed by atoms with Crippen molar-refractivity contribution in [1.29, 1.82) is 0 Å². The molecule has 8 heteroatoms. The fraction of sp³-hybridized carbons (Fsp3) is 0.133. The summed E-state index contributed by atoms with van der Waals surface area (Å²) in [7, 11) is 0. The van der Waals surface area contributed by atoms with Crippen LogP contribution in [0.3, 0.4) is 0 Å². The van der Waals surface area contributed by atoms with Crippen LogP contribution in [0, 0.1) is 0 Å². The van der Waals surface area contributed by atoms with Crippen molar-refractivity contribution in [1.82, 2.24) is 0 Å². The van der Waals surface area contributed by atoms with Gasteiger partial charge in [0.2, 0.25) is 5.91 Å². The zero-order chi connectivity index (χ0) is 17.4. The minimum absolute atomic E-state index is 0.0242. The Morgan fingerprint density at radius 1 is 0.826 bits per heavy atom. The predicted molar refractivity (Wildman–Crippen MR) is 70.4 cm³/mol. The van der Waals surface area contributed by atoms with Crippen molar-refractivity contribution in [3.8, 4) is 11.1 Å². The molecule has 0 aliphatic carbocycles. The number of primary amides is 1. The molecule has 2 aromatic rings. The summed E-state index contributed by atoms with van der Waals surface area (Å²) in [5.41, 5.74) is 1.55. The fourth-order valence-electron chi connectivity index (χ4n) is 2.06. The Morgan fingerprint density at radius 3 is 1.74 bits per heavy atom. The van der Waals surface area contributed by atoms with Gasteiger partial charge >= 0.3 is 12.4 Å². The van der Waals surface area contributed by atoms with E-state index in [4.69, 9.17) is 5.73 Å². The van der Waals surface area contributed by atoms with Crippen molar-refractivity contribution in [3.05, 3.63) is 59.2 Å². The molecule has 2 aromatic carbocycles. The molecule has 0 aromatic heterocycles. The molecule has 0 saturated carbocycles. The lowest BCUT2D eigenvalue weighted by Gasteiger charge is -2.15. The van der Waals surface area contributed by atoms with E-state index in [2.05, 4.69) is 0 Å². The van der Waals surface area contributed by atoms with Crippen LogP contribution in [0.5, 0.6) is 0 Å². The molecule has 0 radical (unpaired) electrons. The van der Waals surface area contributed by atoms with Gasteiger partial charge in [0.05, 0.1) is 11.1 Å². The highest BCUT2D eigenvalue weighted by Crippen LogP contribution is 2.39. The highest BCUT2D eigenvalue weighted by atomic mass is 19.4. The molecule has 122 valence electrons. The van der Waals surface area contributed by atoms with E-state index < -0.39 is 29.4 Å². The Kier molecular flexibility index (Phi) is 4.10. The van der Waals surface area contributed by atoms with Crippen LogP contribution in [-0.2, 0) is 12.4 Å². The van der Waals surface area contributed by atoms with Crippen molar-refractivity contribution in [2.75, 3.05) is 0 Å². The lowest BCUT2D eigenvalue weighted by molar-refractivity contribution is -0.143. The van der Waals surface area contributed by atoms with Gasteiger partial charge < -0.3 is 5.73 Å². The van der Waals surface area contributed by atoms with Gasteiger partial charge in [-0.2, -0.15) is 26.3 Å². The van der Waals surface area contributed by atoms with Crippen LogP contribution in [0.1, 0.15) is 21.5 Å². The van der Waals surface area contributed by atoms with Gasteiger partial charge in [-0.25, -0.2) is 0 Å². The lowest BCUT2D eigenvalue weighted by atomic mass is 9.95. The first-order valence-electron chi connectivity index (χ1n) is 6.19. The number of hydrogen-bond donors (Lipinski definition) is 1. The minimum atomic E-state index is -4.96. The Balaban J connectivity index is 2.75. The van der Waals surface area contributed by atoms with E-state index in [9.17, 15) is 31.1 Å². The second-order valence-electron chi connectivity index (χ2n) is 4.70. The van der Waals surface area contributed by atoms with Crippen LogP contribution in [0.25, 0.3) is 11.1 Å². The number of halogens is 6. The highest BCUT2D eigenvalue weighted by Gasteiger charge is 2.37. The fourth-order valence-corrected chi connectivity index (χ4v) is 2.06. The molecule has 0 heterocycles. The second-order valence-corrected chi connectivity index (χ2v) is 4.70. The molecule has 2 nitrogen and oxygen atoms in total. The summed E-state index contributed by atoms with van der Waals surface area (Å²) >= 11 is 0. The SMILES string of the molecule is NC(=O)c1ccccc1-c1cc(C(F)(F)F)cc(C(F)(F)F)c1. The quantitative estimate of drug-likeness (QED) is 0.809. The molecule has 0 aliphatic heterocycles. The molecule has 0 bridgehead atoms. The molecule has 0 saturated heterocycles. The van der Waals surface area contributed by atoms with Gasteiger partial charge in [-0.3, -0.25) is 4.79 Å². The first-order valence-corrected chi connectivity index (χ1v) is 6.19. The number of rotatable bonds is 2. The van der Waals surface area contributed by atoms with Gasteiger partial charge in [-0.15, -0.1) is 0 Å². The zero-order valence-electron chi connectivity index (χ0n) is 11.3. The van der Waals surface area contributed by atoms with Gasteiger partial charge in [0.15, 0.2) is 0 Å². The summed E-state index contributed by atoms with van der Waals surface area (Å²) in [6.07, 6.45) is -9.92. The maximum atomic E-state index is 12.9. The number of hydrogen-bond acceptors (Lipinski definition) is 1. The molecule has 2 rings (SSSR count). The van der Waals surface area contributed by atoms with Crippen LogP contribution >= 0.6 is 0 Å². The number of carbonyl (C=O) groups excluding carboxylic acids is 1. The third-order valence-electron chi connectivity index (χ3n) is 3.09. The average Bonchev–Trinajstić information content (AvgIpc) is 2.45. The maximum absolute atomic E-state index is 12.9. The normalized spacial score (nSPS) is 12.3. The molecule has 23 heavy (non-hydrogen) atoms. The Morgan fingerprint density at radius 2 is 1.30 bits per heavy atom. The van der Waals surface area contributed by atoms with E-state index in [0.29, 0.717) is 12.1 Å². The summed E-state index contributed by atoms with van der Waals surface area (Å²) in [4.78, 5) is 11.3. The Bertz CT molecular complexity index is 716. The molecule has 0 spiro atoms. The van der Waals surface area contributed by atoms with Crippen LogP contribution < -0.4 is 5.73 Å². The number of benzene rings is 2. The molecule has 0 unspecified atom stereocenters. The molecular weight excluding hydrogens is 324 g/mol. The summed E-state index contributed by atoms with van der Waals surface area (Å²) in [5.74, 6) is -0.952. The van der Waals surface area contributed by atoms with Gasteiger partial charge in [-0.05, 0) is 35.4 Å². The summed E-state index contributed by atoms with van der Waals surface area (Å²) in [5, 5.41) is 0. The van der Waals surface area contributed by atoms with E-state index in [0.717, 1.165) is 0 Å². The van der Waals surface area contributed by atoms with Crippen molar-refractivity contribution in [3.63, 3.8) is 0 Å². The monoisotopic (exact) mass is 333 g/mol. The van der Waals surface area contributed by atoms with Crippen molar-refractivity contribution in [2.24, 2.45) is 5.73 Å². The lowest BCUT2D eigenvalue weighted by Crippen LogP contribution is -2.14. The number of nitrogens with two attached hydrogens (primary N) is 1. The maximum Gasteiger partial charge on any atom is 0.416 e. The summed E-state index contributed by atoms with van der Waals surface area (Å²) < 4.78 is 77.1. The van der Waals surface area contributed by atoms with Gasteiger partial charge in [0, 0.05) is 5.56 Å². The molecule has 0 aliphatic rings.